The molecule has 0 aliphatic rings. The second-order valence-corrected chi connectivity index (χ2v) is 4.73. The van der Waals surface area contributed by atoms with Gasteiger partial charge in [-0.3, -0.25) is 0 Å². The first kappa shape index (κ1) is 13.9. The fraction of sp³-hybridized carbons (Fsp3) is 0.357. The normalized spacial score (nSPS) is 10.6. The third-order valence-corrected chi connectivity index (χ3v) is 3.05. The molecule has 0 saturated heterocycles. The largest absolute Gasteiger partial charge is 0.493 e. The first-order valence-corrected chi connectivity index (χ1v) is 6.74. The van der Waals surface area contributed by atoms with Crippen LogP contribution < -0.4 is 10.5 Å². The molecule has 2 aromatic rings. The van der Waals surface area contributed by atoms with Crippen molar-refractivity contribution in [3.63, 3.8) is 0 Å². The molecule has 0 bridgehead atoms. The zero-order chi connectivity index (χ0) is 13.5. The van der Waals surface area contributed by atoms with Crippen LogP contribution in [0.1, 0.15) is 12.0 Å². The molecule has 2 N–H and O–H groups in total. The lowest BCUT2D eigenvalue weighted by molar-refractivity contribution is 0.299. The van der Waals surface area contributed by atoms with Crippen molar-refractivity contribution in [2.45, 2.75) is 19.4 Å². The zero-order valence-corrected chi connectivity index (χ0v) is 11.5. The fourth-order valence-corrected chi connectivity index (χ4v) is 2.08. The van der Waals surface area contributed by atoms with E-state index < -0.39 is 0 Å². The minimum absolute atomic E-state index is 0.589. The number of rotatable bonds is 7. The van der Waals surface area contributed by atoms with E-state index in [0.29, 0.717) is 18.2 Å². The molecule has 0 aliphatic carbocycles. The van der Waals surface area contributed by atoms with Gasteiger partial charge in [-0.1, -0.05) is 11.6 Å². The van der Waals surface area contributed by atoms with Gasteiger partial charge < -0.3 is 15.0 Å². The monoisotopic (exact) mass is 279 g/mol. The zero-order valence-electron chi connectivity index (χ0n) is 10.8. The number of ether oxygens (including phenoxy) is 1. The van der Waals surface area contributed by atoms with Gasteiger partial charge in [0.15, 0.2) is 0 Å². The number of aryl methyl sites for hydroxylation is 1. The van der Waals surface area contributed by atoms with E-state index in [2.05, 4.69) is 4.98 Å². The molecule has 4 nitrogen and oxygen atoms in total. The Morgan fingerprint density at radius 2 is 2.26 bits per heavy atom. The lowest BCUT2D eigenvalue weighted by Gasteiger charge is -2.11. The maximum atomic E-state index is 5.97. The van der Waals surface area contributed by atoms with E-state index in [1.54, 1.807) is 6.20 Å². The molecule has 5 heteroatoms. The molecule has 1 heterocycles. The van der Waals surface area contributed by atoms with Crippen LogP contribution in [-0.4, -0.2) is 22.7 Å². The topological polar surface area (TPSA) is 53.1 Å². The Morgan fingerprint density at radius 3 is 3.00 bits per heavy atom. The molecule has 0 fully saturated rings. The first-order chi connectivity index (χ1) is 9.29. The van der Waals surface area contributed by atoms with Crippen LogP contribution in [0, 0.1) is 0 Å². The van der Waals surface area contributed by atoms with Gasteiger partial charge >= 0.3 is 0 Å². The molecule has 0 saturated carbocycles. The quantitative estimate of drug-likeness (QED) is 0.793. The van der Waals surface area contributed by atoms with Crippen molar-refractivity contribution in [2.24, 2.45) is 5.73 Å². The Bertz CT molecular complexity index is 499. The molecule has 0 aliphatic heterocycles. The van der Waals surface area contributed by atoms with Crippen molar-refractivity contribution < 1.29 is 4.74 Å². The van der Waals surface area contributed by atoms with Crippen molar-refractivity contribution in [2.75, 3.05) is 13.2 Å². The number of aromatic nitrogens is 2. The summed E-state index contributed by atoms with van der Waals surface area (Å²) in [5, 5.41) is 0.717. The molecule has 1 aromatic carbocycles. The van der Waals surface area contributed by atoms with E-state index in [-0.39, 0.29) is 0 Å². The van der Waals surface area contributed by atoms with Gasteiger partial charge in [0.05, 0.1) is 12.9 Å². The Hall–Kier alpha value is -1.52. The van der Waals surface area contributed by atoms with Gasteiger partial charge in [0, 0.05) is 24.0 Å². The Kier molecular flexibility index (Phi) is 5.24. The highest BCUT2D eigenvalue weighted by molar-refractivity contribution is 6.30. The fourth-order valence-electron chi connectivity index (χ4n) is 1.89. The SMILES string of the molecule is NCCc1cc(Cl)ccc1OCCCn1ccnc1. The van der Waals surface area contributed by atoms with Gasteiger partial charge in [-0.2, -0.15) is 0 Å². The first-order valence-electron chi connectivity index (χ1n) is 6.36. The van der Waals surface area contributed by atoms with Crippen LogP contribution in [0.4, 0.5) is 0 Å². The number of hydrogen-bond donors (Lipinski definition) is 1. The predicted molar refractivity (Wildman–Crippen MR) is 76.5 cm³/mol. The summed E-state index contributed by atoms with van der Waals surface area (Å²) in [6.45, 7) is 2.16. The van der Waals surface area contributed by atoms with Crippen molar-refractivity contribution in [1.29, 1.82) is 0 Å². The summed E-state index contributed by atoms with van der Waals surface area (Å²) in [6.07, 6.45) is 7.24. The summed E-state index contributed by atoms with van der Waals surface area (Å²) >= 11 is 5.97. The summed E-state index contributed by atoms with van der Waals surface area (Å²) in [5.74, 6) is 0.875. The van der Waals surface area contributed by atoms with Crippen molar-refractivity contribution in [3.8, 4) is 5.75 Å². The summed E-state index contributed by atoms with van der Waals surface area (Å²) in [4.78, 5) is 4.00. The highest BCUT2D eigenvalue weighted by Crippen LogP contribution is 2.23. The Balaban J connectivity index is 1.84. The Morgan fingerprint density at radius 1 is 1.37 bits per heavy atom. The van der Waals surface area contributed by atoms with Crippen LogP contribution in [0.3, 0.4) is 0 Å². The summed E-state index contributed by atoms with van der Waals surface area (Å²) in [7, 11) is 0. The average Bonchev–Trinajstić information content (AvgIpc) is 2.90. The minimum atomic E-state index is 0.589. The van der Waals surface area contributed by atoms with Gasteiger partial charge in [0.2, 0.25) is 0 Å². The lowest BCUT2D eigenvalue weighted by Crippen LogP contribution is -2.07. The highest BCUT2D eigenvalue weighted by Gasteiger charge is 2.04. The molecular formula is C14H18ClN3O. The van der Waals surface area contributed by atoms with Gasteiger partial charge in [-0.25, -0.2) is 4.98 Å². The molecule has 1 aromatic heterocycles. The summed E-state index contributed by atoms with van der Waals surface area (Å²) in [6, 6.07) is 5.66. The minimum Gasteiger partial charge on any atom is -0.493 e. The lowest BCUT2D eigenvalue weighted by atomic mass is 10.1. The average molecular weight is 280 g/mol. The van der Waals surface area contributed by atoms with E-state index in [4.69, 9.17) is 22.1 Å². The second kappa shape index (κ2) is 7.16. The van der Waals surface area contributed by atoms with Crippen LogP contribution in [0.5, 0.6) is 5.75 Å². The molecule has 0 unspecified atom stereocenters. The molecule has 102 valence electrons. The number of halogens is 1. The third-order valence-electron chi connectivity index (χ3n) is 2.81. The number of imidazole rings is 1. The predicted octanol–water partition coefficient (Wildman–Crippen LogP) is 2.51. The van der Waals surface area contributed by atoms with Crippen molar-refractivity contribution >= 4 is 11.6 Å². The van der Waals surface area contributed by atoms with E-state index in [9.17, 15) is 0 Å². The van der Waals surface area contributed by atoms with Crippen LogP contribution in [0.15, 0.2) is 36.9 Å². The third kappa shape index (κ3) is 4.26. The Labute approximate surface area is 118 Å². The van der Waals surface area contributed by atoms with Crippen molar-refractivity contribution in [1.82, 2.24) is 9.55 Å². The second-order valence-electron chi connectivity index (χ2n) is 4.29. The number of nitrogens with two attached hydrogens (primary N) is 1. The van der Waals surface area contributed by atoms with Crippen LogP contribution in [-0.2, 0) is 13.0 Å². The van der Waals surface area contributed by atoms with E-state index in [1.165, 1.54) is 0 Å². The van der Waals surface area contributed by atoms with Crippen LogP contribution in [0.25, 0.3) is 0 Å². The summed E-state index contributed by atoms with van der Waals surface area (Å²) < 4.78 is 7.83. The van der Waals surface area contributed by atoms with Crippen LogP contribution in [0.2, 0.25) is 5.02 Å². The van der Waals surface area contributed by atoms with Crippen LogP contribution >= 0.6 is 11.6 Å². The van der Waals surface area contributed by atoms with Gasteiger partial charge in [-0.15, -0.1) is 0 Å². The number of benzene rings is 1. The number of nitrogens with zero attached hydrogens (tertiary/aromatic N) is 2. The molecule has 2 rings (SSSR count). The van der Waals surface area contributed by atoms with E-state index in [1.807, 2.05) is 35.3 Å². The molecular weight excluding hydrogens is 262 g/mol. The van der Waals surface area contributed by atoms with Crippen molar-refractivity contribution in [3.05, 3.63) is 47.5 Å². The molecule has 0 radical (unpaired) electrons. The maximum Gasteiger partial charge on any atom is 0.122 e. The van der Waals surface area contributed by atoms with E-state index in [0.717, 1.165) is 30.7 Å². The van der Waals surface area contributed by atoms with Gasteiger partial charge in [0.25, 0.3) is 0 Å². The molecule has 0 spiro atoms. The highest BCUT2D eigenvalue weighted by atomic mass is 35.5. The molecule has 0 amide bonds. The maximum absolute atomic E-state index is 5.97. The molecule has 19 heavy (non-hydrogen) atoms. The number of hydrogen-bond acceptors (Lipinski definition) is 3. The molecule has 0 atom stereocenters. The van der Waals surface area contributed by atoms with Gasteiger partial charge in [0.1, 0.15) is 5.75 Å². The standard InChI is InChI=1S/C14H18ClN3O/c15-13-2-3-14(12(10-13)4-5-16)19-9-1-7-18-8-6-17-11-18/h2-3,6,8,10-11H,1,4-5,7,9,16H2. The van der Waals surface area contributed by atoms with Gasteiger partial charge in [-0.05, 0) is 43.1 Å². The van der Waals surface area contributed by atoms with E-state index >= 15 is 0 Å². The summed E-state index contributed by atoms with van der Waals surface area (Å²) in [5.41, 5.74) is 6.66. The smallest absolute Gasteiger partial charge is 0.122 e.